The molecule has 1 aromatic heterocycles. The van der Waals surface area contributed by atoms with Crippen LogP contribution in [0, 0.1) is 6.92 Å². The average Bonchev–Trinajstić information content (AvgIpc) is 2.32. The number of nitrogens with zero attached hydrogens (tertiary/aromatic N) is 2. The molecule has 0 aliphatic carbocycles. The lowest BCUT2D eigenvalue weighted by Gasteiger charge is -2.02. The quantitative estimate of drug-likeness (QED) is 0.808. The molecule has 1 radical (unpaired) electrons. The lowest BCUT2D eigenvalue weighted by atomic mass is 10.2. The SMILES string of the molecule is [CH2]/C(F)=C/c1ccc(Oc2ncccn2)cc1. The van der Waals surface area contributed by atoms with E-state index in [0.717, 1.165) is 5.56 Å². The largest absolute Gasteiger partial charge is 0.424 e. The van der Waals surface area contributed by atoms with Crippen molar-refractivity contribution in [3.05, 3.63) is 61.0 Å². The van der Waals surface area contributed by atoms with Gasteiger partial charge in [0.05, 0.1) is 0 Å². The minimum absolute atomic E-state index is 0.277. The third-order valence-electron chi connectivity index (χ3n) is 1.95. The predicted octanol–water partition coefficient (Wildman–Crippen LogP) is 3.41. The number of rotatable bonds is 3. The van der Waals surface area contributed by atoms with Gasteiger partial charge in [-0.1, -0.05) is 12.1 Å². The highest BCUT2D eigenvalue weighted by Crippen LogP contribution is 2.18. The van der Waals surface area contributed by atoms with Crippen LogP contribution in [0.15, 0.2) is 48.6 Å². The summed E-state index contributed by atoms with van der Waals surface area (Å²) in [4.78, 5) is 7.86. The van der Waals surface area contributed by atoms with Gasteiger partial charge in [-0.15, -0.1) is 0 Å². The minimum Gasteiger partial charge on any atom is -0.424 e. The van der Waals surface area contributed by atoms with E-state index in [2.05, 4.69) is 16.9 Å². The van der Waals surface area contributed by atoms with Gasteiger partial charge in [0.15, 0.2) is 0 Å². The second-order valence-electron chi connectivity index (χ2n) is 3.29. The Hall–Kier alpha value is -2.23. The third kappa shape index (κ3) is 3.38. The second-order valence-corrected chi connectivity index (χ2v) is 3.29. The van der Waals surface area contributed by atoms with E-state index in [1.54, 1.807) is 42.7 Å². The predicted molar refractivity (Wildman–Crippen MR) is 63.0 cm³/mol. The number of ether oxygens (including phenoxy) is 1. The molecule has 4 heteroatoms. The zero-order valence-corrected chi connectivity index (χ0v) is 9.01. The summed E-state index contributed by atoms with van der Waals surface area (Å²) >= 11 is 0. The van der Waals surface area contributed by atoms with E-state index >= 15 is 0 Å². The minimum atomic E-state index is -0.481. The summed E-state index contributed by atoms with van der Waals surface area (Å²) in [5.74, 6) is 0.114. The Morgan fingerprint density at radius 3 is 2.41 bits per heavy atom. The Morgan fingerprint density at radius 1 is 1.18 bits per heavy atom. The van der Waals surface area contributed by atoms with Gasteiger partial charge in [-0.05, 0) is 29.8 Å². The van der Waals surface area contributed by atoms with E-state index in [1.807, 2.05) is 0 Å². The molecule has 0 aliphatic heterocycles. The molecule has 0 atom stereocenters. The van der Waals surface area contributed by atoms with Crippen LogP contribution in [0.4, 0.5) is 4.39 Å². The van der Waals surface area contributed by atoms with Gasteiger partial charge >= 0.3 is 6.01 Å². The van der Waals surface area contributed by atoms with Crippen LogP contribution in [0.5, 0.6) is 11.8 Å². The molecule has 0 N–H and O–H groups in total. The molecule has 0 unspecified atom stereocenters. The highest BCUT2D eigenvalue weighted by atomic mass is 19.1. The van der Waals surface area contributed by atoms with Crippen molar-refractivity contribution >= 4 is 6.08 Å². The third-order valence-corrected chi connectivity index (χ3v) is 1.95. The van der Waals surface area contributed by atoms with E-state index in [-0.39, 0.29) is 6.01 Å². The zero-order valence-electron chi connectivity index (χ0n) is 9.01. The highest BCUT2D eigenvalue weighted by molar-refractivity contribution is 5.53. The van der Waals surface area contributed by atoms with Crippen LogP contribution in [-0.2, 0) is 0 Å². The molecule has 2 aromatic rings. The first-order chi connectivity index (χ1) is 8.24. The van der Waals surface area contributed by atoms with Crippen molar-refractivity contribution in [1.82, 2.24) is 9.97 Å². The van der Waals surface area contributed by atoms with Gasteiger partial charge in [-0.2, -0.15) is 0 Å². The van der Waals surface area contributed by atoms with E-state index in [0.29, 0.717) is 5.75 Å². The highest BCUT2D eigenvalue weighted by Gasteiger charge is 1.98. The van der Waals surface area contributed by atoms with Gasteiger partial charge in [0.2, 0.25) is 0 Å². The molecule has 0 saturated heterocycles. The van der Waals surface area contributed by atoms with Crippen molar-refractivity contribution in [2.75, 3.05) is 0 Å². The molecule has 0 saturated carbocycles. The number of benzene rings is 1. The molecule has 2 rings (SSSR count). The van der Waals surface area contributed by atoms with Crippen molar-refractivity contribution in [1.29, 1.82) is 0 Å². The van der Waals surface area contributed by atoms with Crippen LogP contribution in [0.25, 0.3) is 6.08 Å². The smallest absolute Gasteiger partial charge is 0.321 e. The Labute approximate surface area is 98.6 Å². The molecule has 0 bridgehead atoms. The molecule has 0 aliphatic rings. The monoisotopic (exact) mass is 229 g/mol. The molecule has 1 heterocycles. The van der Waals surface area contributed by atoms with E-state index in [9.17, 15) is 4.39 Å². The second kappa shape index (κ2) is 5.21. The molecule has 1 aromatic carbocycles. The van der Waals surface area contributed by atoms with Crippen LogP contribution in [0.1, 0.15) is 5.56 Å². The summed E-state index contributed by atoms with van der Waals surface area (Å²) in [7, 11) is 0. The Bertz CT molecular complexity index is 505. The molecule has 85 valence electrons. The van der Waals surface area contributed by atoms with Crippen LogP contribution in [0.2, 0.25) is 0 Å². The summed E-state index contributed by atoms with van der Waals surface area (Å²) in [6, 6.07) is 8.86. The van der Waals surface area contributed by atoms with Gasteiger partial charge in [-0.25, -0.2) is 14.4 Å². The Balaban J connectivity index is 2.11. The maximum Gasteiger partial charge on any atom is 0.321 e. The maximum atomic E-state index is 12.5. The maximum absolute atomic E-state index is 12.5. The molecule has 0 spiro atoms. The zero-order chi connectivity index (χ0) is 12.1. The fraction of sp³-hybridized carbons (Fsp3) is 0. The Morgan fingerprint density at radius 2 is 1.82 bits per heavy atom. The molecule has 3 nitrogen and oxygen atoms in total. The van der Waals surface area contributed by atoms with Crippen LogP contribution < -0.4 is 4.74 Å². The lowest BCUT2D eigenvalue weighted by molar-refractivity contribution is 0.442. The number of hydrogen-bond acceptors (Lipinski definition) is 3. The van der Waals surface area contributed by atoms with E-state index in [1.165, 1.54) is 6.08 Å². The van der Waals surface area contributed by atoms with Gasteiger partial charge in [0, 0.05) is 19.3 Å². The normalized spacial score (nSPS) is 11.3. The summed E-state index contributed by atoms with van der Waals surface area (Å²) in [5, 5.41) is 0. The summed E-state index contributed by atoms with van der Waals surface area (Å²) in [6.07, 6.45) is 4.53. The molecular formula is C13H10FN2O. The van der Waals surface area contributed by atoms with Crippen LogP contribution in [-0.4, -0.2) is 9.97 Å². The number of aromatic nitrogens is 2. The lowest BCUT2D eigenvalue weighted by Crippen LogP contribution is -1.89. The van der Waals surface area contributed by atoms with Gasteiger partial charge in [0.25, 0.3) is 0 Å². The first kappa shape index (κ1) is 11.3. The van der Waals surface area contributed by atoms with Crippen LogP contribution >= 0.6 is 0 Å². The Kier molecular flexibility index (Phi) is 3.45. The number of hydrogen-bond donors (Lipinski definition) is 0. The molecular weight excluding hydrogens is 219 g/mol. The fourth-order valence-electron chi connectivity index (χ4n) is 1.26. The molecule has 17 heavy (non-hydrogen) atoms. The average molecular weight is 229 g/mol. The van der Waals surface area contributed by atoms with Crippen molar-refractivity contribution in [2.24, 2.45) is 0 Å². The summed E-state index contributed by atoms with van der Waals surface area (Å²) in [6.45, 7) is 3.17. The van der Waals surface area contributed by atoms with Crippen LogP contribution in [0.3, 0.4) is 0 Å². The van der Waals surface area contributed by atoms with Crippen molar-refractivity contribution in [3.8, 4) is 11.8 Å². The topological polar surface area (TPSA) is 35.0 Å². The van der Waals surface area contributed by atoms with E-state index in [4.69, 9.17) is 4.74 Å². The standard InChI is InChI=1S/C13H10FN2O/c1-10(14)9-11-3-5-12(6-4-11)17-13-15-7-2-8-16-13/h2-9H,1H2/b10-9-. The van der Waals surface area contributed by atoms with Gasteiger partial charge in [0.1, 0.15) is 11.6 Å². The van der Waals surface area contributed by atoms with Crippen molar-refractivity contribution in [3.63, 3.8) is 0 Å². The summed E-state index contributed by atoms with van der Waals surface area (Å²) in [5.41, 5.74) is 0.721. The molecule has 0 amide bonds. The number of halogens is 1. The van der Waals surface area contributed by atoms with E-state index < -0.39 is 5.83 Å². The van der Waals surface area contributed by atoms with Crippen molar-refractivity contribution < 1.29 is 9.13 Å². The van der Waals surface area contributed by atoms with Gasteiger partial charge < -0.3 is 4.74 Å². The fourth-order valence-corrected chi connectivity index (χ4v) is 1.26. The molecule has 0 fully saturated rings. The van der Waals surface area contributed by atoms with Crippen molar-refractivity contribution in [2.45, 2.75) is 0 Å². The summed E-state index contributed by atoms with van der Waals surface area (Å²) < 4.78 is 17.9. The van der Waals surface area contributed by atoms with Gasteiger partial charge in [-0.3, -0.25) is 0 Å². The first-order valence-electron chi connectivity index (χ1n) is 4.98. The number of allylic oxidation sites excluding steroid dienone is 1. The first-order valence-corrected chi connectivity index (χ1v) is 4.98.